The first kappa shape index (κ1) is 11.9. The molecule has 0 saturated carbocycles. The molecule has 0 aromatic heterocycles. The molecule has 82 valence electrons. The fourth-order valence-corrected chi connectivity index (χ4v) is 1.50. The van der Waals surface area contributed by atoms with Crippen molar-refractivity contribution >= 4 is 23.2 Å². The van der Waals surface area contributed by atoms with Crippen LogP contribution >= 0.6 is 11.6 Å². The maximum Gasteiger partial charge on any atom is 0.254 e. The van der Waals surface area contributed by atoms with Gasteiger partial charge in [-0.05, 0) is 25.1 Å². The molecule has 0 heterocycles. The van der Waals surface area contributed by atoms with Crippen molar-refractivity contribution in [2.45, 2.75) is 6.92 Å². The molecule has 0 aliphatic carbocycles. The van der Waals surface area contributed by atoms with E-state index in [1.807, 2.05) is 13.0 Å². The van der Waals surface area contributed by atoms with Crippen molar-refractivity contribution in [2.75, 3.05) is 26.0 Å². The van der Waals surface area contributed by atoms with Gasteiger partial charge in [0.1, 0.15) is 0 Å². The molecule has 1 amide bonds. The van der Waals surface area contributed by atoms with Gasteiger partial charge in [-0.3, -0.25) is 4.79 Å². The van der Waals surface area contributed by atoms with Crippen molar-refractivity contribution in [3.8, 4) is 0 Å². The van der Waals surface area contributed by atoms with E-state index in [0.29, 0.717) is 10.6 Å². The summed E-state index contributed by atoms with van der Waals surface area (Å²) in [5.41, 5.74) is 1.46. The summed E-state index contributed by atoms with van der Waals surface area (Å²) in [5.74, 6) is -0.0805. The van der Waals surface area contributed by atoms with Gasteiger partial charge in [-0.25, -0.2) is 0 Å². The first-order chi connectivity index (χ1) is 7.06. The maximum atomic E-state index is 11.7. The van der Waals surface area contributed by atoms with Crippen LogP contribution in [0.1, 0.15) is 17.3 Å². The lowest BCUT2D eigenvalue weighted by Crippen LogP contribution is -2.22. The van der Waals surface area contributed by atoms with Gasteiger partial charge in [0.2, 0.25) is 0 Å². The van der Waals surface area contributed by atoms with Gasteiger partial charge in [0.25, 0.3) is 5.91 Å². The summed E-state index contributed by atoms with van der Waals surface area (Å²) in [7, 11) is 3.41. The molecule has 0 bridgehead atoms. The van der Waals surface area contributed by atoms with Crippen LogP contribution < -0.4 is 5.32 Å². The van der Waals surface area contributed by atoms with E-state index in [0.717, 1.165) is 12.2 Å². The third kappa shape index (κ3) is 2.86. The zero-order valence-electron chi connectivity index (χ0n) is 9.17. The first-order valence-corrected chi connectivity index (χ1v) is 5.19. The van der Waals surface area contributed by atoms with Crippen LogP contribution in [0.15, 0.2) is 18.2 Å². The van der Waals surface area contributed by atoms with Gasteiger partial charge in [0.15, 0.2) is 0 Å². The average Bonchev–Trinajstić information content (AvgIpc) is 2.17. The number of rotatable bonds is 3. The van der Waals surface area contributed by atoms with Gasteiger partial charge in [-0.2, -0.15) is 0 Å². The second kappa shape index (κ2) is 5.03. The Labute approximate surface area is 95.0 Å². The lowest BCUT2D eigenvalue weighted by molar-refractivity contribution is 0.0828. The lowest BCUT2D eigenvalue weighted by Gasteiger charge is -2.12. The Bertz CT molecular complexity index is 364. The van der Waals surface area contributed by atoms with Crippen molar-refractivity contribution in [2.24, 2.45) is 0 Å². The van der Waals surface area contributed by atoms with Gasteiger partial charge in [0.05, 0.1) is 10.6 Å². The Hall–Kier alpha value is -1.22. The summed E-state index contributed by atoms with van der Waals surface area (Å²) in [4.78, 5) is 13.2. The first-order valence-electron chi connectivity index (χ1n) is 4.81. The van der Waals surface area contributed by atoms with Crippen LogP contribution in [-0.2, 0) is 0 Å². The van der Waals surface area contributed by atoms with E-state index in [1.54, 1.807) is 26.2 Å². The Kier molecular flexibility index (Phi) is 3.97. The third-order valence-corrected chi connectivity index (χ3v) is 2.30. The minimum absolute atomic E-state index is 0.0805. The number of halogens is 1. The van der Waals surface area contributed by atoms with Crippen LogP contribution in [-0.4, -0.2) is 31.4 Å². The zero-order valence-corrected chi connectivity index (χ0v) is 9.93. The number of hydrogen-bond donors (Lipinski definition) is 1. The summed E-state index contributed by atoms with van der Waals surface area (Å²) in [6, 6.07) is 5.36. The van der Waals surface area contributed by atoms with E-state index in [4.69, 9.17) is 11.6 Å². The van der Waals surface area contributed by atoms with Gasteiger partial charge in [-0.15, -0.1) is 0 Å². The van der Waals surface area contributed by atoms with Crippen molar-refractivity contribution in [3.63, 3.8) is 0 Å². The Morgan fingerprint density at radius 1 is 1.47 bits per heavy atom. The number of anilines is 1. The minimum Gasteiger partial charge on any atom is -0.385 e. The predicted molar refractivity (Wildman–Crippen MR) is 63.6 cm³/mol. The topological polar surface area (TPSA) is 32.3 Å². The molecule has 0 aliphatic rings. The van der Waals surface area contributed by atoms with E-state index in [2.05, 4.69) is 5.32 Å². The van der Waals surface area contributed by atoms with Gasteiger partial charge < -0.3 is 10.2 Å². The molecule has 4 heteroatoms. The number of hydrogen-bond acceptors (Lipinski definition) is 2. The molecular formula is C11H15ClN2O. The molecule has 1 aromatic carbocycles. The number of amides is 1. The molecule has 0 fully saturated rings. The molecule has 0 aliphatic heterocycles. The minimum atomic E-state index is -0.0805. The van der Waals surface area contributed by atoms with Crippen LogP contribution in [0.25, 0.3) is 0 Å². The number of nitrogens with zero attached hydrogens (tertiary/aromatic N) is 1. The van der Waals surface area contributed by atoms with E-state index in [-0.39, 0.29) is 5.91 Å². The fraction of sp³-hybridized carbons (Fsp3) is 0.364. The normalized spacial score (nSPS) is 9.87. The molecule has 1 aromatic rings. The smallest absolute Gasteiger partial charge is 0.254 e. The quantitative estimate of drug-likeness (QED) is 0.859. The van der Waals surface area contributed by atoms with Crippen LogP contribution in [0.4, 0.5) is 5.69 Å². The number of benzene rings is 1. The van der Waals surface area contributed by atoms with E-state index in [9.17, 15) is 4.79 Å². The highest BCUT2D eigenvalue weighted by molar-refractivity contribution is 6.34. The molecule has 0 saturated heterocycles. The fourth-order valence-electron chi connectivity index (χ4n) is 1.24. The highest BCUT2D eigenvalue weighted by Crippen LogP contribution is 2.21. The molecule has 15 heavy (non-hydrogen) atoms. The molecule has 1 rings (SSSR count). The molecule has 3 nitrogen and oxygen atoms in total. The van der Waals surface area contributed by atoms with E-state index in [1.165, 1.54) is 4.90 Å². The lowest BCUT2D eigenvalue weighted by atomic mass is 10.2. The molecule has 0 unspecified atom stereocenters. The number of carbonyl (C=O) groups excluding carboxylic acids is 1. The highest BCUT2D eigenvalue weighted by Gasteiger charge is 2.12. The monoisotopic (exact) mass is 226 g/mol. The molecule has 0 spiro atoms. The predicted octanol–water partition coefficient (Wildman–Crippen LogP) is 2.47. The second-order valence-electron chi connectivity index (χ2n) is 3.42. The Balaban J connectivity index is 2.97. The molecule has 0 atom stereocenters. The van der Waals surface area contributed by atoms with Gasteiger partial charge >= 0.3 is 0 Å². The summed E-state index contributed by atoms with van der Waals surface area (Å²) in [5, 5.41) is 3.61. The van der Waals surface area contributed by atoms with Crippen LogP contribution in [0, 0.1) is 0 Å². The molecular weight excluding hydrogens is 212 g/mol. The standard InChI is InChI=1S/C11H15ClN2O/c1-4-13-8-5-6-9(10(12)7-8)11(15)14(2)3/h5-7,13H,4H2,1-3H3. The van der Waals surface area contributed by atoms with Crippen LogP contribution in [0.5, 0.6) is 0 Å². The van der Waals surface area contributed by atoms with Crippen LogP contribution in [0.3, 0.4) is 0 Å². The molecule has 0 radical (unpaired) electrons. The Morgan fingerprint density at radius 3 is 2.60 bits per heavy atom. The second-order valence-corrected chi connectivity index (χ2v) is 3.83. The largest absolute Gasteiger partial charge is 0.385 e. The summed E-state index contributed by atoms with van der Waals surface area (Å²) < 4.78 is 0. The van der Waals surface area contributed by atoms with Crippen molar-refractivity contribution in [1.29, 1.82) is 0 Å². The number of carbonyl (C=O) groups is 1. The number of nitrogens with one attached hydrogen (secondary N) is 1. The van der Waals surface area contributed by atoms with Crippen molar-refractivity contribution < 1.29 is 4.79 Å². The summed E-state index contributed by atoms with van der Waals surface area (Å²) in [6.07, 6.45) is 0. The molecule has 1 N–H and O–H groups in total. The summed E-state index contributed by atoms with van der Waals surface area (Å²) in [6.45, 7) is 2.84. The average molecular weight is 227 g/mol. The Morgan fingerprint density at radius 2 is 2.13 bits per heavy atom. The maximum absolute atomic E-state index is 11.7. The SMILES string of the molecule is CCNc1ccc(C(=O)N(C)C)c(Cl)c1. The summed E-state index contributed by atoms with van der Waals surface area (Å²) >= 11 is 6.02. The van der Waals surface area contributed by atoms with E-state index < -0.39 is 0 Å². The highest BCUT2D eigenvalue weighted by atomic mass is 35.5. The van der Waals surface area contributed by atoms with Gasteiger partial charge in [-0.1, -0.05) is 11.6 Å². The zero-order chi connectivity index (χ0) is 11.4. The van der Waals surface area contributed by atoms with Crippen molar-refractivity contribution in [1.82, 2.24) is 4.90 Å². The van der Waals surface area contributed by atoms with Gasteiger partial charge in [0, 0.05) is 26.3 Å². The van der Waals surface area contributed by atoms with E-state index >= 15 is 0 Å². The third-order valence-electron chi connectivity index (χ3n) is 1.99. The van der Waals surface area contributed by atoms with Crippen LogP contribution in [0.2, 0.25) is 5.02 Å². The van der Waals surface area contributed by atoms with Crippen molar-refractivity contribution in [3.05, 3.63) is 28.8 Å².